The second-order valence-electron chi connectivity index (χ2n) is 5.14. The number of thiophene rings is 1. The minimum Gasteiger partial charge on any atom is -0.338 e. The zero-order chi connectivity index (χ0) is 13.0. The SMILES string of the molecule is C[C@@H]1CCCN(C(=O)CCc2ccsc2)[C@@H]1CN. The minimum atomic E-state index is 0.244. The van der Waals surface area contributed by atoms with Gasteiger partial charge in [-0.15, -0.1) is 0 Å². The van der Waals surface area contributed by atoms with Crippen LogP contribution in [0.5, 0.6) is 0 Å². The van der Waals surface area contributed by atoms with Crippen molar-refractivity contribution in [2.24, 2.45) is 11.7 Å². The number of aryl methyl sites for hydroxylation is 1. The highest BCUT2D eigenvalue weighted by Gasteiger charge is 2.30. The summed E-state index contributed by atoms with van der Waals surface area (Å²) in [6.45, 7) is 3.68. The zero-order valence-corrected chi connectivity index (χ0v) is 11.8. The third-order valence-electron chi connectivity index (χ3n) is 3.89. The van der Waals surface area contributed by atoms with Gasteiger partial charge in [-0.1, -0.05) is 6.92 Å². The molecule has 2 N–H and O–H groups in total. The molecule has 2 heterocycles. The van der Waals surface area contributed by atoms with Crippen molar-refractivity contribution in [2.75, 3.05) is 13.1 Å². The van der Waals surface area contributed by atoms with Crippen LogP contribution in [0.25, 0.3) is 0 Å². The third kappa shape index (κ3) is 3.12. The molecule has 0 bridgehead atoms. The molecule has 2 rings (SSSR count). The van der Waals surface area contributed by atoms with Crippen LogP contribution in [-0.4, -0.2) is 29.9 Å². The minimum absolute atomic E-state index is 0.244. The quantitative estimate of drug-likeness (QED) is 0.908. The highest BCUT2D eigenvalue weighted by atomic mass is 32.1. The highest BCUT2D eigenvalue weighted by molar-refractivity contribution is 7.07. The molecule has 1 aromatic heterocycles. The van der Waals surface area contributed by atoms with Crippen LogP contribution in [0, 0.1) is 5.92 Å². The van der Waals surface area contributed by atoms with Crippen LogP contribution in [0.4, 0.5) is 0 Å². The maximum atomic E-state index is 12.3. The molecule has 0 radical (unpaired) electrons. The van der Waals surface area contributed by atoms with Crippen LogP contribution in [0.3, 0.4) is 0 Å². The van der Waals surface area contributed by atoms with E-state index in [0.29, 0.717) is 18.9 Å². The lowest BCUT2D eigenvalue weighted by Gasteiger charge is -2.39. The van der Waals surface area contributed by atoms with Crippen LogP contribution < -0.4 is 5.73 Å². The number of hydrogen-bond acceptors (Lipinski definition) is 3. The van der Waals surface area contributed by atoms with E-state index in [2.05, 4.69) is 23.8 Å². The Morgan fingerprint density at radius 1 is 1.61 bits per heavy atom. The topological polar surface area (TPSA) is 46.3 Å². The van der Waals surface area contributed by atoms with Gasteiger partial charge in [0.2, 0.25) is 5.91 Å². The second kappa shape index (κ2) is 6.34. The molecule has 0 unspecified atom stereocenters. The molecule has 2 atom stereocenters. The van der Waals surface area contributed by atoms with Gasteiger partial charge in [-0.3, -0.25) is 4.79 Å². The van der Waals surface area contributed by atoms with Crippen molar-refractivity contribution in [3.63, 3.8) is 0 Å². The molecular formula is C14H22N2OS. The molecule has 1 aliphatic heterocycles. The lowest BCUT2D eigenvalue weighted by Crippen LogP contribution is -2.51. The normalized spacial score (nSPS) is 24.2. The number of carbonyl (C=O) groups is 1. The van der Waals surface area contributed by atoms with Gasteiger partial charge in [-0.25, -0.2) is 0 Å². The van der Waals surface area contributed by atoms with E-state index in [1.54, 1.807) is 11.3 Å². The van der Waals surface area contributed by atoms with E-state index in [1.807, 2.05) is 4.90 Å². The van der Waals surface area contributed by atoms with Crippen molar-refractivity contribution in [3.8, 4) is 0 Å². The Balaban J connectivity index is 1.90. The van der Waals surface area contributed by atoms with E-state index in [-0.39, 0.29) is 11.9 Å². The van der Waals surface area contributed by atoms with Crippen LogP contribution in [0.2, 0.25) is 0 Å². The molecule has 0 aliphatic carbocycles. The summed E-state index contributed by atoms with van der Waals surface area (Å²) in [6, 6.07) is 2.34. The van der Waals surface area contributed by atoms with Crippen molar-refractivity contribution >= 4 is 17.2 Å². The van der Waals surface area contributed by atoms with Crippen LogP contribution in [0.1, 0.15) is 31.7 Å². The third-order valence-corrected chi connectivity index (χ3v) is 4.62. The predicted octanol–water partition coefficient (Wildman–Crippen LogP) is 2.27. The predicted molar refractivity (Wildman–Crippen MR) is 75.6 cm³/mol. The number of likely N-dealkylation sites (tertiary alicyclic amines) is 1. The molecule has 1 saturated heterocycles. The molecule has 0 aromatic carbocycles. The molecular weight excluding hydrogens is 244 g/mol. The zero-order valence-electron chi connectivity index (χ0n) is 11.0. The first-order valence-electron chi connectivity index (χ1n) is 6.73. The van der Waals surface area contributed by atoms with Gasteiger partial charge in [0.1, 0.15) is 0 Å². The Kier molecular flexibility index (Phi) is 4.78. The second-order valence-corrected chi connectivity index (χ2v) is 5.92. The van der Waals surface area contributed by atoms with Gasteiger partial charge in [0.15, 0.2) is 0 Å². The molecule has 0 spiro atoms. The average Bonchev–Trinajstić information content (AvgIpc) is 2.88. The maximum Gasteiger partial charge on any atom is 0.223 e. The van der Waals surface area contributed by atoms with Crippen molar-refractivity contribution < 1.29 is 4.79 Å². The first-order valence-corrected chi connectivity index (χ1v) is 7.67. The van der Waals surface area contributed by atoms with E-state index in [9.17, 15) is 4.79 Å². The summed E-state index contributed by atoms with van der Waals surface area (Å²) in [5, 5.41) is 4.18. The molecule has 0 saturated carbocycles. The van der Waals surface area contributed by atoms with Crippen LogP contribution in [0.15, 0.2) is 16.8 Å². The molecule has 100 valence electrons. The first kappa shape index (κ1) is 13.6. The lowest BCUT2D eigenvalue weighted by atomic mass is 9.90. The van der Waals surface area contributed by atoms with Gasteiger partial charge < -0.3 is 10.6 Å². The maximum absolute atomic E-state index is 12.3. The Morgan fingerprint density at radius 3 is 3.11 bits per heavy atom. The number of piperidine rings is 1. The van der Waals surface area contributed by atoms with Crippen molar-refractivity contribution in [3.05, 3.63) is 22.4 Å². The number of nitrogens with two attached hydrogens (primary N) is 1. The fourth-order valence-corrected chi connectivity index (χ4v) is 3.45. The molecule has 18 heavy (non-hydrogen) atoms. The highest BCUT2D eigenvalue weighted by Crippen LogP contribution is 2.23. The van der Waals surface area contributed by atoms with Crippen molar-refractivity contribution in [1.29, 1.82) is 0 Å². The van der Waals surface area contributed by atoms with E-state index >= 15 is 0 Å². The number of hydrogen-bond donors (Lipinski definition) is 1. The summed E-state index contributed by atoms with van der Waals surface area (Å²) in [4.78, 5) is 14.3. The molecule has 1 aromatic rings. The number of nitrogens with zero attached hydrogens (tertiary/aromatic N) is 1. The van der Waals surface area contributed by atoms with E-state index in [0.717, 1.165) is 19.4 Å². The molecule has 4 heteroatoms. The Hall–Kier alpha value is -0.870. The Labute approximate surface area is 113 Å². The van der Waals surface area contributed by atoms with E-state index in [4.69, 9.17) is 5.73 Å². The fraction of sp³-hybridized carbons (Fsp3) is 0.643. The molecule has 3 nitrogen and oxygen atoms in total. The summed E-state index contributed by atoms with van der Waals surface area (Å²) in [6.07, 6.45) is 3.77. The summed E-state index contributed by atoms with van der Waals surface area (Å²) < 4.78 is 0. The molecule has 1 aliphatic rings. The molecule has 1 fully saturated rings. The standard InChI is InChI=1S/C14H22N2OS/c1-11-3-2-7-16(13(11)9-15)14(17)5-4-12-6-8-18-10-12/h6,8,10-11,13H,2-5,7,9,15H2,1H3/t11-,13-/m1/s1. The smallest absolute Gasteiger partial charge is 0.223 e. The fourth-order valence-electron chi connectivity index (χ4n) is 2.75. The molecule has 1 amide bonds. The number of amides is 1. The lowest BCUT2D eigenvalue weighted by molar-refractivity contribution is -0.136. The van der Waals surface area contributed by atoms with Gasteiger partial charge in [0.05, 0.1) is 0 Å². The number of rotatable bonds is 4. The summed E-state index contributed by atoms with van der Waals surface area (Å²) >= 11 is 1.69. The summed E-state index contributed by atoms with van der Waals surface area (Å²) in [7, 11) is 0. The van der Waals surface area contributed by atoms with Gasteiger partial charge in [0.25, 0.3) is 0 Å². The van der Waals surface area contributed by atoms with E-state index in [1.165, 1.54) is 12.0 Å². The van der Waals surface area contributed by atoms with E-state index < -0.39 is 0 Å². The van der Waals surface area contributed by atoms with Gasteiger partial charge in [0, 0.05) is 25.6 Å². The summed E-state index contributed by atoms with van der Waals surface area (Å²) in [5.74, 6) is 0.803. The Bertz CT molecular complexity index is 377. The monoisotopic (exact) mass is 266 g/mol. The van der Waals surface area contributed by atoms with Gasteiger partial charge >= 0.3 is 0 Å². The number of carbonyl (C=O) groups excluding carboxylic acids is 1. The van der Waals surface area contributed by atoms with Crippen LogP contribution >= 0.6 is 11.3 Å². The van der Waals surface area contributed by atoms with Gasteiger partial charge in [-0.05, 0) is 47.6 Å². The Morgan fingerprint density at radius 2 is 2.44 bits per heavy atom. The van der Waals surface area contributed by atoms with Crippen molar-refractivity contribution in [2.45, 2.75) is 38.6 Å². The first-order chi connectivity index (χ1) is 8.72. The van der Waals surface area contributed by atoms with Gasteiger partial charge in [-0.2, -0.15) is 11.3 Å². The summed E-state index contributed by atoms with van der Waals surface area (Å²) in [5.41, 5.74) is 7.09. The average molecular weight is 266 g/mol. The van der Waals surface area contributed by atoms with Crippen molar-refractivity contribution in [1.82, 2.24) is 4.90 Å². The largest absolute Gasteiger partial charge is 0.338 e. The van der Waals surface area contributed by atoms with Crippen LogP contribution in [-0.2, 0) is 11.2 Å².